The van der Waals surface area contributed by atoms with Gasteiger partial charge in [0.15, 0.2) is 0 Å². The molecule has 1 aromatic rings. The lowest BCUT2D eigenvalue weighted by Gasteiger charge is -2.14. The van der Waals surface area contributed by atoms with Crippen LogP contribution in [0.2, 0.25) is 0 Å². The Bertz CT molecular complexity index is 328. The highest BCUT2D eigenvalue weighted by Crippen LogP contribution is 2.17. The summed E-state index contributed by atoms with van der Waals surface area (Å²) in [5, 5.41) is 3.36. The van der Waals surface area contributed by atoms with Crippen LogP contribution in [0.15, 0.2) is 16.6 Å². The van der Waals surface area contributed by atoms with Crippen LogP contribution in [-0.4, -0.2) is 16.9 Å². The fourth-order valence-corrected chi connectivity index (χ4v) is 1.38. The summed E-state index contributed by atoms with van der Waals surface area (Å²) in [5.41, 5.74) is 0.982. The summed E-state index contributed by atoms with van der Waals surface area (Å²) in [7, 11) is 0. The van der Waals surface area contributed by atoms with Gasteiger partial charge in [0, 0.05) is 11.0 Å². The molecular weight excluding hydrogens is 275 g/mol. The highest BCUT2D eigenvalue weighted by molar-refractivity contribution is 9.10. The van der Waals surface area contributed by atoms with Crippen molar-refractivity contribution in [3.63, 3.8) is 0 Å². The minimum absolute atomic E-state index is 0.135. The van der Waals surface area contributed by atoms with Crippen molar-refractivity contribution in [1.29, 1.82) is 0 Å². The van der Waals surface area contributed by atoms with Gasteiger partial charge in [0.05, 0.1) is 11.1 Å². The summed E-state index contributed by atoms with van der Waals surface area (Å²) < 4.78 is 1.03. The van der Waals surface area contributed by atoms with E-state index in [0.29, 0.717) is 5.92 Å². The molecule has 15 heavy (non-hydrogen) atoms. The molecule has 2 nitrogen and oxygen atoms in total. The molecule has 0 amide bonds. The summed E-state index contributed by atoms with van der Waals surface area (Å²) >= 11 is 9.55. The van der Waals surface area contributed by atoms with Gasteiger partial charge in [-0.15, -0.1) is 11.6 Å². The van der Waals surface area contributed by atoms with Crippen molar-refractivity contribution in [2.45, 2.75) is 26.1 Å². The van der Waals surface area contributed by atoms with Crippen LogP contribution in [0.4, 0.5) is 5.82 Å². The molecule has 0 radical (unpaired) electrons. The summed E-state index contributed by atoms with van der Waals surface area (Å²) in [6.45, 7) is 6.93. The Labute approximate surface area is 105 Å². The van der Waals surface area contributed by atoms with Crippen molar-refractivity contribution in [2.24, 2.45) is 5.92 Å². The molecule has 84 valence electrons. The highest BCUT2D eigenvalue weighted by Gasteiger charge is 2.09. The molecular formula is C11H16BrClN2. The molecule has 0 bridgehead atoms. The molecule has 0 saturated carbocycles. The van der Waals surface area contributed by atoms with Crippen molar-refractivity contribution in [2.75, 3.05) is 11.9 Å². The zero-order chi connectivity index (χ0) is 11.4. The van der Waals surface area contributed by atoms with Gasteiger partial charge in [-0.25, -0.2) is 4.98 Å². The Balaban J connectivity index is 2.55. The second kappa shape index (κ2) is 5.71. The van der Waals surface area contributed by atoms with Crippen LogP contribution in [0.25, 0.3) is 0 Å². The number of rotatable bonds is 4. The Morgan fingerprint density at radius 3 is 2.67 bits per heavy atom. The molecule has 0 saturated heterocycles. The predicted octanol–water partition coefficient (Wildman–Crippen LogP) is 3.83. The lowest BCUT2D eigenvalue weighted by molar-refractivity contribution is 0.615. The highest BCUT2D eigenvalue weighted by atomic mass is 79.9. The number of anilines is 1. The minimum Gasteiger partial charge on any atom is -0.369 e. The topological polar surface area (TPSA) is 24.9 Å². The number of hydrogen-bond donors (Lipinski definition) is 1. The molecule has 0 aliphatic heterocycles. The van der Waals surface area contributed by atoms with Gasteiger partial charge < -0.3 is 5.32 Å². The molecule has 0 aromatic carbocycles. The molecule has 1 N–H and O–H groups in total. The first-order chi connectivity index (χ1) is 7.00. The molecule has 4 heteroatoms. The molecule has 1 atom stereocenters. The smallest absolute Gasteiger partial charge is 0.126 e. The maximum atomic E-state index is 6.14. The van der Waals surface area contributed by atoms with Crippen LogP contribution < -0.4 is 5.32 Å². The first kappa shape index (κ1) is 12.8. The third-order valence-corrected chi connectivity index (χ3v) is 3.72. The van der Waals surface area contributed by atoms with E-state index in [0.717, 1.165) is 22.5 Å². The molecule has 0 spiro atoms. The van der Waals surface area contributed by atoms with E-state index in [-0.39, 0.29) is 5.38 Å². The lowest BCUT2D eigenvalue weighted by Crippen LogP contribution is -2.20. The number of halogens is 2. The fourth-order valence-electron chi connectivity index (χ4n) is 1.08. The average Bonchev–Trinajstić information content (AvgIpc) is 2.19. The summed E-state index contributed by atoms with van der Waals surface area (Å²) in [4.78, 5) is 4.39. The van der Waals surface area contributed by atoms with Crippen molar-refractivity contribution < 1.29 is 0 Å². The van der Waals surface area contributed by atoms with Gasteiger partial charge in [0.25, 0.3) is 0 Å². The van der Waals surface area contributed by atoms with Crippen molar-refractivity contribution >= 4 is 33.3 Å². The Hall–Kier alpha value is -0.280. The molecule has 1 rings (SSSR count). The third kappa shape index (κ3) is 3.99. The van der Waals surface area contributed by atoms with Gasteiger partial charge in [-0.1, -0.05) is 13.8 Å². The molecule has 0 aliphatic carbocycles. The van der Waals surface area contributed by atoms with Crippen LogP contribution in [0.3, 0.4) is 0 Å². The fraction of sp³-hybridized carbons (Fsp3) is 0.545. The first-order valence-corrected chi connectivity index (χ1v) is 6.24. The van der Waals surface area contributed by atoms with Gasteiger partial charge >= 0.3 is 0 Å². The second-order valence-electron chi connectivity index (χ2n) is 3.90. The first-order valence-electron chi connectivity index (χ1n) is 5.01. The van der Waals surface area contributed by atoms with E-state index in [2.05, 4.69) is 40.1 Å². The van der Waals surface area contributed by atoms with Crippen LogP contribution in [-0.2, 0) is 0 Å². The van der Waals surface area contributed by atoms with E-state index >= 15 is 0 Å². The summed E-state index contributed by atoms with van der Waals surface area (Å²) in [6, 6.07) is 3.93. The van der Waals surface area contributed by atoms with Gasteiger partial charge in [-0.2, -0.15) is 0 Å². The van der Waals surface area contributed by atoms with Crippen LogP contribution >= 0.6 is 27.5 Å². The van der Waals surface area contributed by atoms with Crippen LogP contribution in [0.1, 0.15) is 19.5 Å². The third-order valence-electron chi connectivity index (χ3n) is 2.22. The molecule has 1 aromatic heterocycles. The quantitative estimate of drug-likeness (QED) is 0.853. The number of alkyl halides is 1. The van der Waals surface area contributed by atoms with Crippen molar-refractivity contribution in [1.82, 2.24) is 4.98 Å². The number of hydrogen-bond acceptors (Lipinski definition) is 2. The average molecular weight is 292 g/mol. The largest absolute Gasteiger partial charge is 0.369 e. The zero-order valence-corrected chi connectivity index (χ0v) is 11.6. The van der Waals surface area contributed by atoms with E-state index in [1.54, 1.807) is 0 Å². The van der Waals surface area contributed by atoms with E-state index in [1.807, 2.05) is 19.1 Å². The summed E-state index contributed by atoms with van der Waals surface area (Å²) in [6.07, 6.45) is 0. The number of nitrogens with one attached hydrogen (secondary N) is 1. The second-order valence-corrected chi connectivity index (χ2v) is 5.32. The lowest BCUT2D eigenvalue weighted by atomic mass is 10.1. The van der Waals surface area contributed by atoms with E-state index in [9.17, 15) is 0 Å². The normalized spacial score (nSPS) is 12.9. The SMILES string of the molecule is Cc1nc(NCC(Cl)C(C)C)ccc1Br. The number of aryl methyl sites for hydroxylation is 1. The van der Waals surface area contributed by atoms with Gasteiger partial charge in [0.1, 0.15) is 5.82 Å². The zero-order valence-electron chi connectivity index (χ0n) is 9.22. The van der Waals surface area contributed by atoms with E-state index in [1.165, 1.54) is 0 Å². The molecule has 1 heterocycles. The van der Waals surface area contributed by atoms with E-state index in [4.69, 9.17) is 11.6 Å². The maximum Gasteiger partial charge on any atom is 0.126 e. The Morgan fingerprint density at radius 2 is 2.13 bits per heavy atom. The summed E-state index contributed by atoms with van der Waals surface area (Å²) in [5.74, 6) is 1.35. The standard InChI is InChI=1S/C11H16BrClN2/c1-7(2)10(13)6-14-11-5-4-9(12)8(3)15-11/h4-5,7,10H,6H2,1-3H3,(H,14,15). The molecule has 0 fully saturated rings. The Morgan fingerprint density at radius 1 is 1.47 bits per heavy atom. The van der Waals surface area contributed by atoms with Crippen LogP contribution in [0, 0.1) is 12.8 Å². The van der Waals surface area contributed by atoms with Crippen molar-refractivity contribution in [3.05, 3.63) is 22.3 Å². The number of nitrogens with zero attached hydrogens (tertiary/aromatic N) is 1. The van der Waals surface area contributed by atoms with Crippen LogP contribution in [0.5, 0.6) is 0 Å². The molecule has 0 aliphatic rings. The maximum absolute atomic E-state index is 6.14. The van der Waals surface area contributed by atoms with Gasteiger partial charge in [-0.05, 0) is 40.9 Å². The monoisotopic (exact) mass is 290 g/mol. The Kier molecular flexibility index (Phi) is 4.87. The molecule has 1 unspecified atom stereocenters. The van der Waals surface area contributed by atoms with Gasteiger partial charge in [0.2, 0.25) is 0 Å². The van der Waals surface area contributed by atoms with E-state index < -0.39 is 0 Å². The number of pyridine rings is 1. The van der Waals surface area contributed by atoms with Crippen molar-refractivity contribution in [3.8, 4) is 0 Å². The minimum atomic E-state index is 0.135. The van der Waals surface area contributed by atoms with Gasteiger partial charge in [-0.3, -0.25) is 0 Å². The predicted molar refractivity (Wildman–Crippen MR) is 69.6 cm³/mol. The number of aromatic nitrogens is 1.